The molecule has 0 aromatic carbocycles. The van der Waals surface area contributed by atoms with Crippen LogP contribution in [0.1, 0.15) is 41.0 Å². The normalized spacial score (nSPS) is 11.9. The lowest BCUT2D eigenvalue weighted by Gasteiger charge is -2.24. The van der Waals surface area contributed by atoms with Gasteiger partial charge in [0.15, 0.2) is 0 Å². The van der Waals surface area contributed by atoms with Crippen molar-refractivity contribution in [3.05, 3.63) is 0 Å². The SMILES string of the molecule is CCOC(C)(C)CNC(=O)CCNC(C)C. The van der Waals surface area contributed by atoms with Crippen molar-refractivity contribution < 1.29 is 9.53 Å². The summed E-state index contributed by atoms with van der Waals surface area (Å²) in [5.74, 6) is 0.0703. The van der Waals surface area contributed by atoms with Crippen LogP contribution in [0.2, 0.25) is 0 Å². The van der Waals surface area contributed by atoms with Gasteiger partial charge in [0.1, 0.15) is 0 Å². The van der Waals surface area contributed by atoms with E-state index in [1.807, 2.05) is 20.8 Å². The average molecular weight is 230 g/mol. The Kier molecular flexibility index (Phi) is 7.34. The highest BCUT2D eigenvalue weighted by Gasteiger charge is 2.18. The van der Waals surface area contributed by atoms with E-state index >= 15 is 0 Å². The van der Waals surface area contributed by atoms with Crippen LogP contribution in [-0.4, -0.2) is 37.2 Å². The second-order valence-electron chi connectivity index (χ2n) is 4.83. The third kappa shape index (κ3) is 8.68. The first-order chi connectivity index (χ1) is 7.37. The van der Waals surface area contributed by atoms with E-state index in [1.54, 1.807) is 0 Å². The molecule has 0 fully saturated rings. The maximum absolute atomic E-state index is 11.5. The van der Waals surface area contributed by atoms with Crippen molar-refractivity contribution in [3.63, 3.8) is 0 Å². The molecule has 1 amide bonds. The summed E-state index contributed by atoms with van der Waals surface area (Å²) in [5.41, 5.74) is -0.282. The highest BCUT2D eigenvalue weighted by atomic mass is 16.5. The van der Waals surface area contributed by atoms with E-state index in [0.29, 0.717) is 25.6 Å². The van der Waals surface area contributed by atoms with Crippen molar-refractivity contribution >= 4 is 5.91 Å². The second kappa shape index (κ2) is 7.63. The van der Waals surface area contributed by atoms with Crippen molar-refractivity contribution in [2.45, 2.75) is 52.7 Å². The maximum Gasteiger partial charge on any atom is 0.221 e. The molecular weight excluding hydrogens is 204 g/mol. The van der Waals surface area contributed by atoms with Gasteiger partial charge < -0.3 is 15.4 Å². The highest BCUT2D eigenvalue weighted by molar-refractivity contribution is 5.76. The third-order valence-corrected chi connectivity index (χ3v) is 2.15. The Labute approximate surface area is 99.1 Å². The summed E-state index contributed by atoms with van der Waals surface area (Å²) in [7, 11) is 0. The molecule has 96 valence electrons. The maximum atomic E-state index is 11.5. The number of ether oxygens (including phenoxy) is 1. The molecule has 0 aliphatic heterocycles. The van der Waals surface area contributed by atoms with E-state index in [2.05, 4.69) is 24.5 Å². The first-order valence-electron chi connectivity index (χ1n) is 6.01. The predicted octanol–water partition coefficient (Wildman–Crippen LogP) is 1.31. The first-order valence-corrected chi connectivity index (χ1v) is 6.01. The Morgan fingerprint density at radius 3 is 2.50 bits per heavy atom. The molecule has 0 bridgehead atoms. The summed E-state index contributed by atoms with van der Waals surface area (Å²) in [4.78, 5) is 11.5. The number of rotatable bonds is 8. The van der Waals surface area contributed by atoms with Gasteiger partial charge in [0, 0.05) is 32.2 Å². The van der Waals surface area contributed by atoms with E-state index < -0.39 is 0 Å². The van der Waals surface area contributed by atoms with E-state index in [0.717, 1.165) is 6.54 Å². The fourth-order valence-electron chi connectivity index (χ4n) is 1.32. The van der Waals surface area contributed by atoms with Crippen LogP contribution in [0.3, 0.4) is 0 Å². The van der Waals surface area contributed by atoms with Gasteiger partial charge in [0.25, 0.3) is 0 Å². The molecule has 16 heavy (non-hydrogen) atoms. The summed E-state index contributed by atoms with van der Waals surface area (Å²) in [6.07, 6.45) is 0.514. The molecule has 0 spiro atoms. The average Bonchev–Trinajstić information content (AvgIpc) is 2.14. The van der Waals surface area contributed by atoms with Gasteiger partial charge in [0.05, 0.1) is 5.60 Å². The zero-order chi connectivity index (χ0) is 12.6. The van der Waals surface area contributed by atoms with Crippen molar-refractivity contribution in [2.75, 3.05) is 19.7 Å². The van der Waals surface area contributed by atoms with Crippen LogP contribution in [0.15, 0.2) is 0 Å². The van der Waals surface area contributed by atoms with E-state index in [1.165, 1.54) is 0 Å². The van der Waals surface area contributed by atoms with Gasteiger partial charge in [0.2, 0.25) is 5.91 Å². The summed E-state index contributed by atoms with van der Waals surface area (Å²) in [5, 5.41) is 6.08. The Morgan fingerprint density at radius 1 is 1.38 bits per heavy atom. The Balaban J connectivity index is 3.64. The van der Waals surface area contributed by atoms with Crippen molar-refractivity contribution in [3.8, 4) is 0 Å². The first kappa shape index (κ1) is 15.4. The van der Waals surface area contributed by atoms with Crippen LogP contribution in [0.25, 0.3) is 0 Å². The summed E-state index contributed by atoms with van der Waals surface area (Å²) in [6.45, 7) is 12.0. The molecule has 0 heterocycles. The minimum Gasteiger partial charge on any atom is -0.374 e. The number of carbonyl (C=O) groups excluding carboxylic acids is 1. The fourth-order valence-corrected chi connectivity index (χ4v) is 1.32. The number of hydrogen-bond donors (Lipinski definition) is 2. The van der Waals surface area contributed by atoms with Crippen molar-refractivity contribution in [2.24, 2.45) is 0 Å². The van der Waals surface area contributed by atoms with Crippen LogP contribution < -0.4 is 10.6 Å². The van der Waals surface area contributed by atoms with Gasteiger partial charge in [-0.05, 0) is 20.8 Å². The Bertz CT molecular complexity index is 203. The van der Waals surface area contributed by atoms with Crippen LogP contribution in [0.4, 0.5) is 0 Å². The van der Waals surface area contributed by atoms with Gasteiger partial charge >= 0.3 is 0 Å². The van der Waals surface area contributed by atoms with E-state index in [9.17, 15) is 4.79 Å². The summed E-state index contributed by atoms with van der Waals surface area (Å²) < 4.78 is 5.49. The molecule has 0 aliphatic rings. The molecule has 0 aromatic heterocycles. The number of amides is 1. The highest BCUT2D eigenvalue weighted by Crippen LogP contribution is 2.06. The van der Waals surface area contributed by atoms with Crippen molar-refractivity contribution in [1.29, 1.82) is 0 Å². The van der Waals surface area contributed by atoms with Gasteiger partial charge in [-0.1, -0.05) is 13.8 Å². The lowest BCUT2D eigenvalue weighted by Crippen LogP contribution is -2.41. The molecule has 4 nitrogen and oxygen atoms in total. The standard InChI is InChI=1S/C12H26N2O2/c1-6-16-12(4,5)9-14-11(15)7-8-13-10(2)3/h10,13H,6-9H2,1-5H3,(H,14,15). The minimum atomic E-state index is -0.282. The van der Waals surface area contributed by atoms with Gasteiger partial charge in [-0.25, -0.2) is 0 Å². The van der Waals surface area contributed by atoms with Crippen LogP contribution in [-0.2, 0) is 9.53 Å². The third-order valence-electron chi connectivity index (χ3n) is 2.15. The van der Waals surface area contributed by atoms with Crippen molar-refractivity contribution in [1.82, 2.24) is 10.6 Å². The molecule has 0 saturated heterocycles. The van der Waals surface area contributed by atoms with Gasteiger partial charge in [-0.2, -0.15) is 0 Å². The molecule has 0 rings (SSSR count). The monoisotopic (exact) mass is 230 g/mol. The number of hydrogen-bond acceptors (Lipinski definition) is 3. The quantitative estimate of drug-likeness (QED) is 0.661. The van der Waals surface area contributed by atoms with E-state index in [-0.39, 0.29) is 11.5 Å². The smallest absolute Gasteiger partial charge is 0.221 e. The molecule has 0 radical (unpaired) electrons. The summed E-state index contributed by atoms with van der Waals surface area (Å²) >= 11 is 0. The molecule has 0 saturated carbocycles. The summed E-state index contributed by atoms with van der Waals surface area (Å²) in [6, 6.07) is 0.424. The predicted molar refractivity (Wildman–Crippen MR) is 66.5 cm³/mol. The molecule has 2 N–H and O–H groups in total. The molecule has 0 aromatic rings. The van der Waals surface area contributed by atoms with Gasteiger partial charge in [-0.15, -0.1) is 0 Å². The zero-order valence-corrected chi connectivity index (χ0v) is 11.2. The molecule has 4 heteroatoms. The molecule has 0 unspecified atom stereocenters. The Hall–Kier alpha value is -0.610. The van der Waals surface area contributed by atoms with E-state index in [4.69, 9.17) is 4.74 Å². The molecular formula is C12H26N2O2. The van der Waals surface area contributed by atoms with Gasteiger partial charge in [-0.3, -0.25) is 4.79 Å². The van der Waals surface area contributed by atoms with Crippen LogP contribution >= 0.6 is 0 Å². The minimum absolute atomic E-state index is 0.0703. The number of carbonyl (C=O) groups is 1. The second-order valence-corrected chi connectivity index (χ2v) is 4.83. The lowest BCUT2D eigenvalue weighted by atomic mass is 10.1. The topological polar surface area (TPSA) is 50.4 Å². The zero-order valence-electron chi connectivity index (χ0n) is 11.2. The molecule has 0 atom stereocenters. The Morgan fingerprint density at radius 2 is 2.00 bits per heavy atom. The molecule has 0 aliphatic carbocycles. The van der Waals surface area contributed by atoms with Crippen LogP contribution in [0, 0.1) is 0 Å². The lowest BCUT2D eigenvalue weighted by molar-refractivity contribution is -0.122. The fraction of sp³-hybridized carbons (Fsp3) is 0.917. The number of nitrogens with one attached hydrogen (secondary N) is 2. The largest absolute Gasteiger partial charge is 0.374 e. The van der Waals surface area contributed by atoms with Crippen LogP contribution in [0.5, 0.6) is 0 Å².